The first-order valence-electron chi connectivity index (χ1n) is 10.9. The molecule has 1 heterocycles. The molecule has 4 N–H and O–H groups in total. The van der Waals surface area contributed by atoms with Crippen LogP contribution in [0.3, 0.4) is 0 Å². The van der Waals surface area contributed by atoms with E-state index >= 15 is 0 Å². The van der Waals surface area contributed by atoms with Gasteiger partial charge in [-0.15, -0.1) is 13.2 Å². The number of aliphatic hydroxyl groups excluding tert-OH is 1. The lowest BCUT2D eigenvalue weighted by atomic mass is 9.98. The molecular weight excluding hydrogens is 505 g/mol. The summed E-state index contributed by atoms with van der Waals surface area (Å²) in [5.41, 5.74) is 7.03. The van der Waals surface area contributed by atoms with E-state index in [1.54, 1.807) is 31.2 Å². The number of nitrogens with two attached hydrogens (primary N) is 1. The molecule has 0 spiro atoms. The Morgan fingerprint density at radius 1 is 1.28 bits per heavy atom. The molecule has 1 fully saturated rings. The van der Waals surface area contributed by atoms with Crippen LogP contribution in [0.15, 0.2) is 47.6 Å². The van der Waals surface area contributed by atoms with Gasteiger partial charge in [0.1, 0.15) is 18.4 Å². The molecule has 2 atom stereocenters. The molecule has 0 aliphatic carbocycles. The topological polar surface area (TPSA) is 126 Å². The molecule has 2 aromatic carbocycles. The van der Waals surface area contributed by atoms with E-state index in [1.165, 1.54) is 0 Å². The second kappa shape index (κ2) is 11.5. The molecule has 9 nitrogen and oxygen atoms in total. The Hall–Kier alpha value is -3.51. The molecule has 13 heteroatoms. The van der Waals surface area contributed by atoms with Crippen LogP contribution in [0.4, 0.5) is 13.2 Å². The largest absolute Gasteiger partial charge is 0.573 e. The maximum atomic E-state index is 12.8. The van der Waals surface area contributed by atoms with Crippen molar-refractivity contribution < 1.29 is 37.4 Å². The maximum Gasteiger partial charge on any atom is 0.573 e. The summed E-state index contributed by atoms with van der Waals surface area (Å²) in [6, 6.07) is 9.03. The van der Waals surface area contributed by atoms with E-state index < -0.39 is 36.1 Å². The highest BCUT2D eigenvalue weighted by Crippen LogP contribution is 2.31. The fourth-order valence-corrected chi connectivity index (χ4v) is 3.68. The number of oxime groups is 1. The summed E-state index contributed by atoms with van der Waals surface area (Å²) < 4.78 is 41.4. The highest BCUT2D eigenvalue weighted by Gasteiger charge is 2.40. The van der Waals surface area contributed by atoms with Crippen molar-refractivity contribution >= 4 is 29.3 Å². The number of nitrogens with one attached hydrogen (secondary N) is 1. The second-order valence-electron chi connectivity index (χ2n) is 7.82. The Kier molecular flexibility index (Phi) is 8.64. The van der Waals surface area contributed by atoms with E-state index in [2.05, 4.69) is 15.2 Å². The monoisotopic (exact) mass is 528 g/mol. The fourth-order valence-electron chi connectivity index (χ4n) is 3.45. The van der Waals surface area contributed by atoms with Crippen molar-refractivity contribution in [1.82, 2.24) is 10.2 Å². The zero-order chi connectivity index (χ0) is 26.5. The molecule has 194 valence electrons. The maximum absolute atomic E-state index is 12.8. The van der Waals surface area contributed by atoms with Crippen LogP contribution in [0.25, 0.3) is 0 Å². The quantitative estimate of drug-likeness (QED) is 0.261. The molecule has 1 saturated heterocycles. The Morgan fingerprint density at radius 2 is 1.97 bits per heavy atom. The number of ether oxygens (including phenoxy) is 1. The van der Waals surface area contributed by atoms with E-state index in [0.29, 0.717) is 18.6 Å². The molecule has 0 unspecified atom stereocenters. The number of hydrogen-bond acceptors (Lipinski definition) is 6. The first kappa shape index (κ1) is 27.1. The molecule has 0 bridgehead atoms. The SMILES string of the molecule is CCO/N=C(\N)c1ccc(CNC(=O)[C@@H]2CCN2C(=O)[C@H](O)c2cc(Cl)cc(OC(F)(F)F)c2)cc1. The number of halogens is 4. The fraction of sp³-hybridized carbons (Fsp3) is 0.348. The molecule has 1 aliphatic rings. The van der Waals surface area contributed by atoms with Gasteiger partial charge >= 0.3 is 6.36 Å². The average molecular weight is 529 g/mol. The Balaban J connectivity index is 1.59. The predicted octanol–water partition coefficient (Wildman–Crippen LogP) is 2.85. The van der Waals surface area contributed by atoms with Gasteiger partial charge in [-0.05, 0) is 42.7 Å². The van der Waals surface area contributed by atoms with Crippen LogP contribution in [-0.4, -0.2) is 53.2 Å². The van der Waals surface area contributed by atoms with E-state index in [0.717, 1.165) is 28.7 Å². The molecule has 0 aromatic heterocycles. The van der Waals surface area contributed by atoms with Crippen molar-refractivity contribution in [1.29, 1.82) is 0 Å². The number of rotatable bonds is 9. The minimum absolute atomic E-state index is 0.159. The van der Waals surface area contributed by atoms with Gasteiger partial charge in [0.2, 0.25) is 5.91 Å². The third-order valence-electron chi connectivity index (χ3n) is 5.29. The number of amidine groups is 1. The molecule has 36 heavy (non-hydrogen) atoms. The van der Waals surface area contributed by atoms with E-state index in [-0.39, 0.29) is 29.5 Å². The molecular formula is C23H24ClF3N4O5. The van der Waals surface area contributed by atoms with Gasteiger partial charge in [-0.1, -0.05) is 41.0 Å². The molecule has 2 amide bonds. The summed E-state index contributed by atoms with van der Waals surface area (Å²) in [6.45, 7) is 2.54. The van der Waals surface area contributed by atoms with Crippen LogP contribution in [0.2, 0.25) is 5.02 Å². The lowest BCUT2D eigenvalue weighted by molar-refractivity contribution is -0.274. The predicted molar refractivity (Wildman–Crippen MR) is 124 cm³/mol. The molecule has 3 rings (SSSR count). The van der Waals surface area contributed by atoms with E-state index in [4.69, 9.17) is 22.2 Å². The zero-order valence-electron chi connectivity index (χ0n) is 19.1. The smallest absolute Gasteiger partial charge is 0.406 e. The van der Waals surface area contributed by atoms with Crippen molar-refractivity contribution in [3.05, 3.63) is 64.2 Å². The van der Waals surface area contributed by atoms with Crippen LogP contribution in [0, 0.1) is 0 Å². The van der Waals surface area contributed by atoms with Crippen LogP contribution in [0.1, 0.15) is 36.1 Å². The Labute approximate surface area is 209 Å². The number of aliphatic hydroxyl groups is 1. The molecule has 1 aliphatic heterocycles. The first-order valence-corrected chi connectivity index (χ1v) is 11.2. The van der Waals surface area contributed by atoms with Gasteiger partial charge in [-0.25, -0.2) is 0 Å². The Bertz CT molecular complexity index is 1130. The van der Waals surface area contributed by atoms with Crippen LogP contribution < -0.4 is 15.8 Å². The third kappa shape index (κ3) is 7.01. The number of carbonyl (C=O) groups excluding carboxylic acids is 2. The van der Waals surface area contributed by atoms with Crippen LogP contribution in [-0.2, 0) is 21.0 Å². The van der Waals surface area contributed by atoms with Crippen molar-refractivity contribution in [2.45, 2.75) is 38.4 Å². The van der Waals surface area contributed by atoms with Crippen LogP contribution >= 0.6 is 11.6 Å². The lowest BCUT2D eigenvalue weighted by Gasteiger charge is -2.40. The van der Waals surface area contributed by atoms with Gasteiger partial charge in [0.05, 0.1) is 0 Å². The summed E-state index contributed by atoms with van der Waals surface area (Å²) in [7, 11) is 0. The summed E-state index contributed by atoms with van der Waals surface area (Å²) in [6.07, 6.45) is -6.43. The summed E-state index contributed by atoms with van der Waals surface area (Å²) in [5, 5.41) is 16.8. The van der Waals surface area contributed by atoms with Crippen molar-refractivity contribution in [2.75, 3.05) is 13.2 Å². The lowest BCUT2D eigenvalue weighted by Crippen LogP contribution is -2.59. The number of hydrogen-bond donors (Lipinski definition) is 3. The second-order valence-corrected chi connectivity index (χ2v) is 8.25. The average Bonchev–Trinajstić information content (AvgIpc) is 2.78. The zero-order valence-corrected chi connectivity index (χ0v) is 19.8. The third-order valence-corrected chi connectivity index (χ3v) is 5.51. The Morgan fingerprint density at radius 3 is 2.56 bits per heavy atom. The highest BCUT2D eigenvalue weighted by atomic mass is 35.5. The van der Waals surface area contributed by atoms with Gasteiger partial charge in [0, 0.05) is 23.7 Å². The number of amides is 2. The minimum atomic E-state index is -4.97. The molecule has 0 saturated carbocycles. The van der Waals surface area contributed by atoms with Gasteiger partial charge in [0.15, 0.2) is 11.9 Å². The summed E-state index contributed by atoms with van der Waals surface area (Å²) in [4.78, 5) is 31.4. The number of benzene rings is 2. The van der Waals surface area contributed by atoms with Crippen molar-refractivity contribution in [3.63, 3.8) is 0 Å². The summed E-state index contributed by atoms with van der Waals surface area (Å²) in [5.74, 6) is -1.73. The van der Waals surface area contributed by atoms with Gasteiger partial charge in [-0.2, -0.15) is 0 Å². The van der Waals surface area contributed by atoms with Crippen molar-refractivity contribution in [3.8, 4) is 5.75 Å². The molecule has 2 aromatic rings. The highest BCUT2D eigenvalue weighted by molar-refractivity contribution is 6.30. The van der Waals surface area contributed by atoms with Crippen LogP contribution in [0.5, 0.6) is 5.75 Å². The van der Waals surface area contributed by atoms with Gasteiger partial charge in [-0.3, -0.25) is 9.59 Å². The number of alkyl halides is 3. The number of carbonyl (C=O) groups is 2. The van der Waals surface area contributed by atoms with Gasteiger partial charge in [0.25, 0.3) is 5.91 Å². The number of nitrogens with zero attached hydrogens (tertiary/aromatic N) is 2. The summed E-state index contributed by atoms with van der Waals surface area (Å²) >= 11 is 5.82. The standard InChI is InChI=1S/C23H24ClF3N4O5/c1-2-35-30-20(28)14-5-3-13(4-6-14)12-29-21(33)18-7-8-31(18)22(34)19(32)15-9-16(24)11-17(10-15)36-23(25,26)27/h3-6,9-11,18-19,32H,2,7-8,12H2,1H3,(H2,28,30)(H,29,33)/t18-,19+/m0/s1. The normalized spacial score (nSPS) is 16.7. The molecule has 0 radical (unpaired) electrons. The number of likely N-dealkylation sites (tertiary alicyclic amines) is 1. The minimum Gasteiger partial charge on any atom is -0.406 e. The van der Waals surface area contributed by atoms with Gasteiger partial charge < -0.3 is 30.6 Å². The van der Waals surface area contributed by atoms with Crippen molar-refractivity contribution in [2.24, 2.45) is 10.9 Å². The van der Waals surface area contributed by atoms with E-state index in [9.17, 15) is 27.9 Å². The van der Waals surface area contributed by atoms with E-state index in [1.807, 2.05) is 0 Å². The first-order chi connectivity index (χ1) is 17.0.